The molecule has 16 heavy (non-hydrogen) atoms. The summed E-state index contributed by atoms with van der Waals surface area (Å²) in [4.78, 5) is 8.36. The van der Waals surface area contributed by atoms with Crippen molar-refractivity contribution in [1.29, 1.82) is 0 Å². The van der Waals surface area contributed by atoms with Gasteiger partial charge in [0, 0.05) is 5.39 Å². The van der Waals surface area contributed by atoms with Crippen LogP contribution in [0.1, 0.15) is 0 Å². The Labute approximate surface area is 90.8 Å². The van der Waals surface area contributed by atoms with Gasteiger partial charge in [-0.05, 0) is 11.5 Å². The van der Waals surface area contributed by atoms with Gasteiger partial charge in [0.2, 0.25) is 5.75 Å². The summed E-state index contributed by atoms with van der Waals surface area (Å²) in [5.41, 5.74) is 0. The van der Waals surface area contributed by atoms with Crippen LogP contribution in [-0.4, -0.2) is 26.9 Å². The van der Waals surface area contributed by atoms with E-state index in [0.717, 1.165) is 0 Å². The number of phenols is 3. The lowest BCUT2D eigenvalue weighted by Crippen LogP contribution is -1.76. The normalized spacial score (nSPS) is 9.25. The second-order valence-electron chi connectivity index (χ2n) is 2.92. The average Bonchev–Trinajstić information content (AvgIpc) is 2.27. The Balaban J connectivity index is 0.000000386. The molecule has 0 aromatic heterocycles. The van der Waals surface area contributed by atoms with E-state index in [1.54, 1.807) is 24.3 Å². The summed E-state index contributed by atoms with van der Waals surface area (Å²) in [6.07, 6.45) is 0. The highest BCUT2D eigenvalue weighted by Crippen LogP contribution is 2.40. The molecule has 5 heteroatoms. The van der Waals surface area contributed by atoms with E-state index in [0.29, 0.717) is 10.8 Å². The number of hydrogen-bond acceptors (Lipinski definition) is 4. The van der Waals surface area contributed by atoms with Gasteiger partial charge < -0.3 is 20.4 Å². The van der Waals surface area contributed by atoms with Gasteiger partial charge in [-0.2, -0.15) is 0 Å². The standard InChI is InChI=1S/C10H8O3.CH2O2/c11-8-5-6-3-1-2-4-7(6)9(12)10(8)13;2-1-3/h1-5,11-13H;1H,(H,2,3). The van der Waals surface area contributed by atoms with E-state index in [1.165, 1.54) is 6.07 Å². The average molecular weight is 222 g/mol. The topological polar surface area (TPSA) is 98.0 Å². The second-order valence-corrected chi connectivity index (χ2v) is 2.92. The fraction of sp³-hybridized carbons (Fsp3) is 0. The predicted molar refractivity (Wildman–Crippen MR) is 57.6 cm³/mol. The molecule has 0 aliphatic rings. The van der Waals surface area contributed by atoms with E-state index in [9.17, 15) is 15.3 Å². The van der Waals surface area contributed by atoms with Crippen molar-refractivity contribution in [2.45, 2.75) is 0 Å². The number of rotatable bonds is 0. The van der Waals surface area contributed by atoms with Crippen LogP contribution < -0.4 is 0 Å². The Hall–Kier alpha value is -2.43. The highest BCUT2D eigenvalue weighted by molar-refractivity contribution is 5.92. The van der Waals surface area contributed by atoms with Gasteiger partial charge in [0.15, 0.2) is 11.5 Å². The molecule has 0 saturated heterocycles. The minimum atomic E-state index is -0.473. The molecule has 0 radical (unpaired) electrons. The van der Waals surface area contributed by atoms with Gasteiger partial charge in [0.25, 0.3) is 6.47 Å². The molecule has 2 aromatic rings. The van der Waals surface area contributed by atoms with Crippen LogP contribution in [0.2, 0.25) is 0 Å². The van der Waals surface area contributed by atoms with Crippen molar-refractivity contribution in [3.8, 4) is 17.2 Å². The molecule has 0 fully saturated rings. The minimum Gasteiger partial charge on any atom is -0.504 e. The van der Waals surface area contributed by atoms with Gasteiger partial charge >= 0.3 is 0 Å². The maximum Gasteiger partial charge on any atom is 0.290 e. The first-order valence-electron chi connectivity index (χ1n) is 4.32. The van der Waals surface area contributed by atoms with Gasteiger partial charge in [-0.3, -0.25) is 4.79 Å². The molecule has 0 aliphatic carbocycles. The number of carbonyl (C=O) groups is 1. The second kappa shape index (κ2) is 4.88. The smallest absolute Gasteiger partial charge is 0.290 e. The van der Waals surface area contributed by atoms with Gasteiger partial charge in [0.1, 0.15) is 0 Å². The zero-order valence-electron chi connectivity index (χ0n) is 8.16. The lowest BCUT2D eigenvalue weighted by molar-refractivity contribution is -0.122. The molecule has 0 heterocycles. The minimum absolute atomic E-state index is 0.250. The third kappa shape index (κ3) is 2.14. The molecule has 84 valence electrons. The third-order valence-corrected chi connectivity index (χ3v) is 1.98. The van der Waals surface area contributed by atoms with Gasteiger partial charge in [0.05, 0.1) is 0 Å². The molecular weight excluding hydrogens is 212 g/mol. The number of phenolic OH excluding ortho intramolecular Hbond substituents is 3. The summed E-state index contributed by atoms with van der Waals surface area (Å²) < 4.78 is 0. The highest BCUT2D eigenvalue weighted by Gasteiger charge is 2.09. The zero-order valence-corrected chi connectivity index (χ0v) is 8.16. The molecule has 2 rings (SSSR count). The van der Waals surface area contributed by atoms with E-state index in [-0.39, 0.29) is 18.0 Å². The Kier molecular flexibility index (Phi) is 3.55. The van der Waals surface area contributed by atoms with Crippen molar-refractivity contribution < 1.29 is 25.2 Å². The van der Waals surface area contributed by atoms with Crippen LogP contribution in [0.3, 0.4) is 0 Å². The van der Waals surface area contributed by atoms with E-state index in [2.05, 4.69) is 0 Å². The number of aromatic hydroxyl groups is 3. The summed E-state index contributed by atoms with van der Waals surface area (Å²) in [5, 5.41) is 35.9. The first-order valence-corrected chi connectivity index (χ1v) is 4.32. The SMILES string of the molecule is O=CO.Oc1cc2ccccc2c(O)c1O. The van der Waals surface area contributed by atoms with Crippen LogP contribution in [0.25, 0.3) is 10.8 Å². The molecule has 0 saturated carbocycles. The molecule has 2 aromatic carbocycles. The van der Waals surface area contributed by atoms with Gasteiger partial charge in [-0.15, -0.1) is 0 Å². The number of hydrogen-bond donors (Lipinski definition) is 4. The summed E-state index contributed by atoms with van der Waals surface area (Å²) >= 11 is 0. The molecule has 0 unspecified atom stereocenters. The molecular formula is C11H10O5. The maximum atomic E-state index is 9.43. The monoisotopic (exact) mass is 222 g/mol. The molecule has 0 spiro atoms. The van der Waals surface area contributed by atoms with Crippen LogP contribution in [0, 0.1) is 0 Å². The highest BCUT2D eigenvalue weighted by atomic mass is 16.3. The van der Waals surface area contributed by atoms with Crippen molar-refractivity contribution in [2.24, 2.45) is 0 Å². The Bertz CT molecular complexity index is 507. The fourth-order valence-corrected chi connectivity index (χ4v) is 1.30. The number of fused-ring (bicyclic) bond motifs is 1. The van der Waals surface area contributed by atoms with Crippen molar-refractivity contribution in [3.05, 3.63) is 30.3 Å². The number of benzene rings is 2. The Morgan fingerprint density at radius 2 is 1.56 bits per heavy atom. The van der Waals surface area contributed by atoms with E-state index in [4.69, 9.17) is 9.90 Å². The fourth-order valence-electron chi connectivity index (χ4n) is 1.30. The lowest BCUT2D eigenvalue weighted by Gasteiger charge is -2.04. The van der Waals surface area contributed by atoms with Crippen LogP contribution in [0.15, 0.2) is 30.3 Å². The quantitative estimate of drug-likeness (QED) is 0.401. The van der Waals surface area contributed by atoms with Crippen LogP contribution in [0.4, 0.5) is 0 Å². The van der Waals surface area contributed by atoms with Gasteiger partial charge in [-0.1, -0.05) is 24.3 Å². The Morgan fingerprint density at radius 3 is 2.19 bits per heavy atom. The van der Waals surface area contributed by atoms with E-state index in [1.807, 2.05) is 0 Å². The van der Waals surface area contributed by atoms with Crippen molar-refractivity contribution in [1.82, 2.24) is 0 Å². The van der Waals surface area contributed by atoms with E-state index < -0.39 is 5.75 Å². The van der Waals surface area contributed by atoms with Crippen LogP contribution >= 0.6 is 0 Å². The summed E-state index contributed by atoms with van der Waals surface area (Å²) in [7, 11) is 0. The molecule has 5 nitrogen and oxygen atoms in total. The zero-order chi connectivity index (χ0) is 12.1. The van der Waals surface area contributed by atoms with E-state index >= 15 is 0 Å². The first-order chi connectivity index (χ1) is 7.61. The summed E-state index contributed by atoms with van der Waals surface area (Å²) in [6.45, 7) is -0.250. The molecule has 0 amide bonds. The molecule has 0 aliphatic heterocycles. The Morgan fingerprint density at radius 1 is 1.00 bits per heavy atom. The maximum absolute atomic E-state index is 9.43. The summed E-state index contributed by atoms with van der Waals surface area (Å²) in [6, 6.07) is 8.36. The first kappa shape index (κ1) is 11.6. The van der Waals surface area contributed by atoms with Gasteiger partial charge in [-0.25, -0.2) is 0 Å². The molecule has 4 N–H and O–H groups in total. The molecule has 0 bridgehead atoms. The number of carboxylic acid groups (broad SMARTS) is 1. The third-order valence-electron chi connectivity index (χ3n) is 1.98. The summed E-state index contributed by atoms with van der Waals surface area (Å²) in [5.74, 6) is -1.06. The van der Waals surface area contributed by atoms with Crippen molar-refractivity contribution in [3.63, 3.8) is 0 Å². The predicted octanol–water partition coefficient (Wildman–Crippen LogP) is 1.66. The molecule has 0 atom stereocenters. The van der Waals surface area contributed by atoms with Crippen LogP contribution in [-0.2, 0) is 4.79 Å². The van der Waals surface area contributed by atoms with Crippen molar-refractivity contribution >= 4 is 17.2 Å². The van der Waals surface area contributed by atoms with Crippen molar-refractivity contribution in [2.75, 3.05) is 0 Å². The lowest BCUT2D eigenvalue weighted by atomic mass is 10.1. The van der Waals surface area contributed by atoms with Crippen LogP contribution in [0.5, 0.6) is 17.2 Å². The largest absolute Gasteiger partial charge is 0.504 e.